The minimum absolute atomic E-state index is 0.0283. The van der Waals surface area contributed by atoms with Gasteiger partial charge in [-0.15, -0.1) is 11.3 Å². The van der Waals surface area contributed by atoms with Gasteiger partial charge in [0, 0.05) is 23.5 Å². The molecule has 1 amide bonds. The van der Waals surface area contributed by atoms with Gasteiger partial charge in [-0.2, -0.15) is 8.78 Å². The van der Waals surface area contributed by atoms with E-state index in [1.165, 1.54) is 52.4 Å². The van der Waals surface area contributed by atoms with Gasteiger partial charge >= 0.3 is 6.61 Å². The van der Waals surface area contributed by atoms with Gasteiger partial charge in [0.2, 0.25) is 0 Å². The molecular weight excluding hydrogens is 328 g/mol. The van der Waals surface area contributed by atoms with Gasteiger partial charge in [0.1, 0.15) is 11.3 Å². The highest BCUT2D eigenvalue weighted by Gasteiger charge is 2.14. The molecule has 1 aromatic carbocycles. The van der Waals surface area contributed by atoms with E-state index in [9.17, 15) is 18.4 Å². The van der Waals surface area contributed by atoms with Gasteiger partial charge in [0.15, 0.2) is 4.96 Å². The molecule has 0 spiro atoms. The van der Waals surface area contributed by atoms with Crippen molar-refractivity contribution in [3.05, 3.63) is 58.0 Å². The second kappa shape index (κ2) is 6.13. The third kappa shape index (κ3) is 3.19. The standard InChI is InChI=1S/C14H9F2N3O3S/c15-13(16)22-9-3-1-8(2-4-9)18-11(20)10-7-17-14-19(12(10)21)5-6-23-14/h1-7,13H,(H,18,20). The van der Waals surface area contributed by atoms with Crippen LogP contribution in [0.4, 0.5) is 14.5 Å². The lowest BCUT2D eigenvalue weighted by atomic mass is 10.2. The molecule has 0 saturated carbocycles. The number of halogens is 2. The van der Waals surface area contributed by atoms with Gasteiger partial charge in [0.25, 0.3) is 11.5 Å². The van der Waals surface area contributed by atoms with Crippen LogP contribution in [0.5, 0.6) is 5.75 Å². The smallest absolute Gasteiger partial charge is 0.387 e. The van der Waals surface area contributed by atoms with Gasteiger partial charge in [0.05, 0.1) is 0 Å². The molecule has 0 bridgehead atoms. The number of hydrogen-bond acceptors (Lipinski definition) is 5. The molecule has 0 unspecified atom stereocenters. The summed E-state index contributed by atoms with van der Waals surface area (Å²) in [7, 11) is 0. The Bertz CT molecular complexity index is 906. The van der Waals surface area contributed by atoms with Gasteiger partial charge in [-0.1, -0.05) is 0 Å². The molecule has 2 aromatic heterocycles. The Morgan fingerprint density at radius 2 is 2.04 bits per heavy atom. The van der Waals surface area contributed by atoms with E-state index in [1.54, 1.807) is 5.38 Å². The largest absolute Gasteiger partial charge is 0.435 e. The Hall–Kier alpha value is -2.81. The lowest BCUT2D eigenvalue weighted by Crippen LogP contribution is -2.25. The molecule has 3 aromatic rings. The summed E-state index contributed by atoms with van der Waals surface area (Å²) >= 11 is 1.28. The first-order valence-corrected chi connectivity index (χ1v) is 7.23. The van der Waals surface area contributed by atoms with Crippen LogP contribution in [0.25, 0.3) is 4.96 Å². The van der Waals surface area contributed by atoms with Crippen LogP contribution in [0.1, 0.15) is 10.4 Å². The van der Waals surface area contributed by atoms with E-state index in [2.05, 4.69) is 15.0 Å². The minimum atomic E-state index is -2.92. The van der Waals surface area contributed by atoms with Gasteiger partial charge in [-0.05, 0) is 24.3 Å². The van der Waals surface area contributed by atoms with Crippen molar-refractivity contribution in [1.29, 1.82) is 0 Å². The highest BCUT2D eigenvalue weighted by molar-refractivity contribution is 7.15. The van der Waals surface area contributed by atoms with Gasteiger partial charge in [-0.25, -0.2) is 4.98 Å². The third-order valence-electron chi connectivity index (χ3n) is 2.92. The molecule has 0 radical (unpaired) electrons. The molecule has 0 fully saturated rings. The van der Waals surface area contributed by atoms with Crippen LogP contribution in [0.3, 0.4) is 0 Å². The number of rotatable bonds is 4. The van der Waals surface area contributed by atoms with Crippen molar-refractivity contribution >= 4 is 27.9 Å². The molecule has 1 N–H and O–H groups in total. The monoisotopic (exact) mass is 337 g/mol. The minimum Gasteiger partial charge on any atom is -0.435 e. The summed E-state index contributed by atoms with van der Waals surface area (Å²) in [5, 5.41) is 4.19. The molecule has 0 aliphatic rings. The second-order valence-corrected chi connectivity index (χ2v) is 5.26. The Labute approximate surface area is 132 Å². The van der Waals surface area contributed by atoms with Crippen LogP contribution >= 0.6 is 11.3 Å². The maximum absolute atomic E-state index is 12.2. The van der Waals surface area contributed by atoms with E-state index < -0.39 is 18.1 Å². The van der Waals surface area contributed by atoms with Crippen molar-refractivity contribution < 1.29 is 18.3 Å². The molecule has 0 aliphatic carbocycles. The molecule has 9 heteroatoms. The van der Waals surface area contributed by atoms with Crippen molar-refractivity contribution in [3.63, 3.8) is 0 Å². The quantitative estimate of drug-likeness (QED) is 0.794. The number of hydrogen-bond donors (Lipinski definition) is 1. The SMILES string of the molecule is O=C(Nc1ccc(OC(F)F)cc1)c1cnc2sccn2c1=O. The average molecular weight is 337 g/mol. The van der Waals surface area contributed by atoms with Crippen molar-refractivity contribution in [2.75, 3.05) is 5.32 Å². The zero-order valence-electron chi connectivity index (χ0n) is 11.4. The molecule has 118 valence electrons. The Morgan fingerprint density at radius 3 is 2.74 bits per heavy atom. The van der Waals surface area contributed by atoms with Crippen LogP contribution < -0.4 is 15.6 Å². The van der Waals surface area contributed by atoms with Crippen molar-refractivity contribution in [2.45, 2.75) is 6.61 Å². The normalized spacial score (nSPS) is 10.9. The van der Waals surface area contributed by atoms with Crippen LogP contribution in [0.15, 0.2) is 46.8 Å². The summed E-state index contributed by atoms with van der Waals surface area (Å²) in [5.74, 6) is -0.662. The van der Waals surface area contributed by atoms with Gasteiger partial charge < -0.3 is 10.1 Å². The number of benzene rings is 1. The number of anilines is 1. The molecule has 2 heterocycles. The summed E-state index contributed by atoms with van der Waals surface area (Å²) in [6.07, 6.45) is 2.74. The number of aromatic nitrogens is 2. The summed E-state index contributed by atoms with van der Waals surface area (Å²) in [4.78, 5) is 28.8. The Balaban J connectivity index is 1.80. The number of carbonyl (C=O) groups is 1. The highest BCUT2D eigenvalue weighted by Crippen LogP contribution is 2.18. The number of alkyl halides is 2. The van der Waals surface area contributed by atoms with Crippen LogP contribution in [0.2, 0.25) is 0 Å². The number of nitrogens with zero attached hydrogens (tertiary/aromatic N) is 2. The number of thiazole rings is 1. The fourth-order valence-electron chi connectivity index (χ4n) is 1.90. The molecule has 23 heavy (non-hydrogen) atoms. The molecule has 0 aliphatic heterocycles. The fourth-order valence-corrected chi connectivity index (χ4v) is 2.57. The number of carbonyl (C=O) groups excluding carboxylic acids is 1. The number of nitrogens with one attached hydrogen (secondary N) is 1. The first-order chi connectivity index (χ1) is 11.0. The summed E-state index contributed by atoms with van der Waals surface area (Å²) in [6.45, 7) is -2.92. The first-order valence-electron chi connectivity index (χ1n) is 6.35. The Kier molecular flexibility index (Phi) is 4.02. The van der Waals surface area contributed by atoms with E-state index in [0.29, 0.717) is 10.6 Å². The molecule has 3 rings (SSSR count). The molecule has 0 atom stereocenters. The maximum Gasteiger partial charge on any atom is 0.387 e. The Morgan fingerprint density at radius 1 is 1.30 bits per heavy atom. The highest BCUT2D eigenvalue weighted by atomic mass is 32.1. The lowest BCUT2D eigenvalue weighted by Gasteiger charge is -2.07. The predicted molar refractivity (Wildman–Crippen MR) is 80.4 cm³/mol. The maximum atomic E-state index is 12.2. The van der Waals surface area contributed by atoms with Crippen molar-refractivity contribution in [1.82, 2.24) is 9.38 Å². The molecule has 0 saturated heterocycles. The van der Waals surface area contributed by atoms with Crippen molar-refractivity contribution in [2.24, 2.45) is 0 Å². The second-order valence-electron chi connectivity index (χ2n) is 4.39. The van der Waals surface area contributed by atoms with E-state index in [4.69, 9.17) is 0 Å². The van der Waals surface area contributed by atoms with E-state index in [-0.39, 0.29) is 11.3 Å². The van der Waals surface area contributed by atoms with E-state index in [0.717, 1.165) is 0 Å². The average Bonchev–Trinajstić information content (AvgIpc) is 2.98. The summed E-state index contributed by atoms with van der Waals surface area (Å²) in [5.41, 5.74) is -0.258. The number of amides is 1. The lowest BCUT2D eigenvalue weighted by molar-refractivity contribution is -0.0498. The van der Waals surface area contributed by atoms with Gasteiger partial charge in [-0.3, -0.25) is 14.0 Å². The first kappa shape index (κ1) is 15.1. The van der Waals surface area contributed by atoms with E-state index >= 15 is 0 Å². The van der Waals surface area contributed by atoms with Crippen LogP contribution in [-0.2, 0) is 0 Å². The van der Waals surface area contributed by atoms with Crippen LogP contribution in [0, 0.1) is 0 Å². The zero-order chi connectivity index (χ0) is 16.4. The number of fused-ring (bicyclic) bond motifs is 1. The van der Waals surface area contributed by atoms with E-state index in [1.807, 2.05) is 0 Å². The van der Waals surface area contributed by atoms with Crippen LogP contribution in [-0.4, -0.2) is 21.9 Å². The topological polar surface area (TPSA) is 72.7 Å². The summed E-state index contributed by atoms with van der Waals surface area (Å²) < 4.78 is 29.6. The molecular formula is C14H9F2N3O3S. The predicted octanol–water partition coefficient (Wildman–Crippen LogP) is 2.61. The fraction of sp³-hybridized carbons (Fsp3) is 0.0714. The summed E-state index contributed by atoms with van der Waals surface area (Å²) in [6, 6.07) is 5.36. The third-order valence-corrected chi connectivity index (χ3v) is 3.70. The molecule has 6 nitrogen and oxygen atoms in total. The number of ether oxygens (including phenoxy) is 1. The zero-order valence-corrected chi connectivity index (χ0v) is 12.2. The van der Waals surface area contributed by atoms with Crippen molar-refractivity contribution in [3.8, 4) is 5.75 Å².